The maximum absolute atomic E-state index is 12.7. The molecular weight excluding hydrogens is 332 g/mol. The first-order chi connectivity index (χ1) is 11.4. The van der Waals surface area contributed by atoms with Crippen molar-refractivity contribution in [2.24, 2.45) is 13.0 Å². The number of hydrogen-bond acceptors (Lipinski definition) is 4. The molecule has 126 valence electrons. The number of halogens is 1. The maximum atomic E-state index is 12.7. The third-order valence-electron chi connectivity index (χ3n) is 4.50. The molecule has 1 aliphatic heterocycles. The van der Waals surface area contributed by atoms with Crippen molar-refractivity contribution in [3.63, 3.8) is 0 Å². The molecule has 3 rings (SSSR count). The Kier molecular flexibility index (Phi) is 4.28. The molecule has 8 heteroatoms. The molecule has 0 bridgehead atoms. The van der Waals surface area contributed by atoms with Crippen molar-refractivity contribution in [1.29, 1.82) is 0 Å². The number of likely N-dealkylation sites (tertiary alicyclic amines) is 1. The van der Waals surface area contributed by atoms with Crippen LogP contribution in [0, 0.1) is 12.8 Å². The van der Waals surface area contributed by atoms with Crippen molar-refractivity contribution in [1.82, 2.24) is 19.7 Å². The standard InChI is InChI=1S/C16H17ClN4O3/c1-9-13(17)14(19-20(9)2)15(22)21-7-11(12(8-21)16(23)24)10-4-3-5-18-6-10/h3-6,11-12H,7-8H2,1-2H3,(H,23,24)/t11-,12+/m0/s1. The first-order valence-corrected chi connectivity index (χ1v) is 7.89. The largest absolute Gasteiger partial charge is 0.481 e. The Bertz CT molecular complexity index is 790. The highest BCUT2D eigenvalue weighted by Crippen LogP contribution is 2.34. The average molecular weight is 349 g/mol. The fourth-order valence-corrected chi connectivity index (χ4v) is 3.26. The number of carbonyl (C=O) groups excluding carboxylic acids is 1. The van der Waals surface area contributed by atoms with Crippen LogP contribution in [-0.2, 0) is 11.8 Å². The van der Waals surface area contributed by atoms with Crippen molar-refractivity contribution in [3.05, 3.63) is 46.5 Å². The van der Waals surface area contributed by atoms with Crippen LogP contribution in [0.3, 0.4) is 0 Å². The first kappa shape index (κ1) is 16.4. The van der Waals surface area contributed by atoms with Crippen LogP contribution in [0.15, 0.2) is 24.5 Å². The van der Waals surface area contributed by atoms with Crippen molar-refractivity contribution < 1.29 is 14.7 Å². The summed E-state index contributed by atoms with van der Waals surface area (Å²) in [5, 5.41) is 14.0. The zero-order valence-electron chi connectivity index (χ0n) is 13.3. The van der Waals surface area contributed by atoms with Gasteiger partial charge in [0.05, 0.1) is 16.6 Å². The minimum Gasteiger partial charge on any atom is -0.481 e. The van der Waals surface area contributed by atoms with E-state index < -0.39 is 11.9 Å². The number of amides is 1. The molecular formula is C16H17ClN4O3. The molecule has 0 aromatic carbocycles. The summed E-state index contributed by atoms with van der Waals surface area (Å²) < 4.78 is 1.54. The molecule has 0 saturated carbocycles. The summed E-state index contributed by atoms with van der Waals surface area (Å²) >= 11 is 6.18. The monoisotopic (exact) mass is 348 g/mol. The summed E-state index contributed by atoms with van der Waals surface area (Å²) in [6, 6.07) is 3.59. The highest BCUT2D eigenvalue weighted by atomic mass is 35.5. The summed E-state index contributed by atoms with van der Waals surface area (Å²) in [4.78, 5) is 29.9. The molecule has 1 N–H and O–H groups in total. The van der Waals surface area contributed by atoms with E-state index in [-0.39, 0.29) is 24.1 Å². The Morgan fingerprint density at radius 2 is 2.12 bits per heavy atom. The minimum absolute atomic E-state index is 0.125. The van der Waals surface area contributed by atoms with Gasteiger partial charge in [-0.05, 0) is 18.6 Å². The van der Waals surface area contributed by atoms with E-state index in [0.717, 1.165) is 5.56 Å². The molecule has 0 spiro atoms. The number of hydrogen-bond donors (Lipinski definition) is 1. The molecule has 3 heterocycles. The van der Waals surface area contributed by atoms with Gasteiger partial charge in [0.25, 0.3) is 5.91 Å². The van der Waals surface area contributed by atoms with Crippen LogP contribution >= 0.6 is 11.6 Å². The second-order valence-electron chi connectivity index (χ2n) is 5.92. The quantitative estimate of drug-likeness (QED) is 0.912. The normalized spacial score (nSPS) is 20.4. The van der Waals surface area contributed by atoms with Crippen LogP contribution in [0.5, 0.6) is 0 Å². The number of aryl methyl sites for hydroxylation is 1. The summed E-state index contributed by atoms with van der Waals surface area (Å²) in [7, 11) is 1.71. The van der Waals surface area contributed by atoms with E-state index in [1.807, 2.05) is 6.07 Å². The van der Waals surface area contributed by atoms with Crippen LogP contribution in [0.1, 0.15) is 27.7 Å². The van der Waals surface area contributed by atoms with E-state index in [9.17, 15) is 14.7 Å². The van der Waals surface area contributed by atoms with Crippen molar-refractivity contribution in [2.45, 2.75) is 12.8 Å². The number of aliphatic carboxylic acids is 1. The molecule has 0 unspecified atom stereocenters. The fourth-order valence-electron chi connectivity index (χ4n) is 3.02. The number of rotatable bonds is 3. The van der Waals surface area contributed by atoms with Gasteiger partial charge in [-0.25, -0.2) is 0 Å². The molecule has 1 aliphatic rings. The van der Waals surface area contributed by atoms with Crippen molar-refractivity contribution in [2.75, 3.05) is 13.1 Å². The van der Waals surface area contributed by atoms with Crippen molar-refractivity contribution in [3.8, 4) is 0 Å². The number of carbonyl (C=O) groups is 2. The molecule has 24 heavy (non-hydrogen) atoms. The van der Waals surface area contributed by atoms with Gasteiger partial charge in [0.1, 0.15) is 0 Å². The first-order valence-electron chi connectivity index (χ1n) is 7.51. The number of nitrogens with zero attached hydrogens (tertiary/aromatic N) is 4. The summed E-state index contributed by atoms with van der Waals surface area (Å²) in [6.07, 6.45) is 3.28. The van der Waals surface area contributed by atoms with Gasteiger partial charge < -0.3 is 10.0 Å². The van der Waals surface area contributed by atoms with E-state index in [1.54, 1.807) is 37.1 Å². The lowest BCUT2D eigenvalue weighted by Crippen LogP contribution is -2.30. The highest BCUT2D eigenvalue weighted by Gasteiger charge is 2.41. The van der Waals surface area contributed by atoms with Gasteiger partial charge in [0.2, 0.25) is 0 Å². The summed E-state index contributed by atoms with van der Waals surface area (Å²) in [5.41, 5.74) is 1.66. The lowest BCUT2D eigenvalue weighted by molar-refractivity contribution is -0.141. The Morgan fingerprint density at radius 1 is 1.38 bits per heavy atom. The van der Waals surface area contributed by atoms with Gasteiger partial charge in [-0.15, -0.1) is 0 Å². The molecule has 2 aromatic rings. The van der Waals surface area contributed by atoms with Crippen LogP contribution in [0.25, 0.3) is 0 Å². The summed E-state index contributed by atoms with van der Waals surface area (Å²) in [5.74, 6) is -2.26. The Morgan fingerprint density at radius 3 is 2.67 bits per heavy atom. The predicted octanol–water partition coefficient (Wildman–Crippen LogP) is 1.72. The van der Waals surface area contributed by atoms with Crippen molar-refractivity contribution >= 4 is 23.5 Å². The smallest absolute Gasteiger partial charge is 0.308 e. The van der Waals surface area contributed by atoms with Crippen LogP contribution in [0.2, 0.25) is 5.02 Å². The number of aromatic nitrogens is 3. The predicted molar refractivity (Wildman–Crippen MR) is 87.0 cm³/mol. The second kappa shape index (κ2) is 6.24. The van der Waals surface area contributed by atoms with Gasteiger partial charge in [0, 0.05) is 38.4 Å². The van der Waals surface area contributed by atoms with Gasteiger partial charge in [-0.2, -0.15) is 5.10 Å². The molecule has 0 aliphatic carbocycles. The fraction of sp³-hybridized carbons (Fsp3) is 0.375. The number of carboxylic acid groups (broad SMARTS) is 1. The van der Waals surface area contributed by atoms with Gasteiger partial charge >= 0.3 is 5.97 Å². The number of carboxylic acids is 1. The topological polar surface area (TPSA) is 88.3 Å². The van der Waals surface area contributed by atoms with Crippen LogP contribution in [0.4, 0.5) is 0 Å². The molecule has 1 fully saturated rings. The number of pyridine rings is 1. The molecule has 2 aromatic heterocycles. The van der Waals surface area contributed by atoms with E-state index >= 15 is 0 Å². The maximum Gasteiger partial charge on any atom is 0.308 e. The van der Waals surface area contributed by atoms with Crippen LogP contribution in [-0.4, -0.2) is 49.7 Å². The van der Waals surface area contributed by atoms with Gasteiger partial charge in [-0.1, -0.05) is 17.7 Å². The molecule has 0 radical (unpaired) electrons. The molecule has 7 nitrogen and oxygen atoms in total. The lowest BCUT2D eigenvalue weighted by Gasteiger charge is -2.15. The third kappa shape index (κ3) is 2.75. The average Bonchev–Trinajstić information content (AvgIpc) is 3.13. The van der Waals surface area contributed by atoms with Gasteiger partial charge in [0.15, 0.2) is 5.69 Å². The lowest BCUT2D eigenvalue weighted by atomic mass is 9.90. The SMILES string of the molecule is Cc1c(Cl)c(C(=O)N2C[C@@H](C(=O)O)[C@H](c3cccnc3)C2)nn1C. The molecule has 2 atom stereocenters. The van der Waals surface area contributed by atoms with Crippen LogP contribution < -0.4 is 0 Å². The third-order valence-corrected chi connectivity index (χ3v) is 4.95. The van der Waals surface area contributed by atoms with Gasteiger partial charge in [-0.3, -0.25) is 19.3 Å². The zero-order chi connectivity index (χ0) is 17.4. The second-order valence-corrected chi connectivity index (χ2v) is 6.30. The Labute approximate surface area is 143 Å². The van der Waals surface area contributed by atoms with E-state index in [2.05, 4.69) is 10.1 Å². The van der Waals surface area contributed by atoms with E-state index in [0.29, 0.717) is 17.3 Å². The Hall–Kier alpha value is -2.41. The summed E-state index contributed by atoms with van der Waals surface area (Å²) in [6.45, 7) is 2.20. The highest BCUT2D eigenvalue weighted by molar-refractivity contribution is 6.34. The Balaban J connectivity index is 1.89. The molecule has 1 amide bonds. The van der Waals surface area contributed by atoms with E-state index in [4.69, 9.17) is 11.6 Å². The zero-order valence-corrected chi connectivity index (χ0v) is 14.1. The minimum atomic E-state index is -0.928. The van der Waals surface area contributed by atoms with E-state index in [1.165, 1.54) is 4.90 Å². The molecule has 1 saturated heterocycles.